The van der Waals surface area contributed by atoms with Crippen molar-refractivity contribution in [3.8, 4) is 0 Å². The first-order valence-electron chi connectivity index (χ1n) is 7.46. The molecular formula is C16H17N3O3S2. The number of nitrogens with one attached hydrogen (secondary N) is 2. The zero-order valence-corrected chi connectivity index (χ0v) is 14.7. The molecule has 8 heteroatoms. The molecule has 0 aliphatic heterocycles. The Bertz CT molecular complexity index is 852. The van der Waals surface area contributed by atoms with Crippen molar-refractivity contribution >= 4 is 38.7 Å². The van der Waals surface area contributed by atoms with Gasteiger partial charge in [-0.2, -0.15) is 5.10 Å². The molecule has 0 spiro atoms. The lowest BCUT2D eigenvalue weighted by Gasteiger charge is -2.07. The van der Waals surface area contributed by atoms with Gasteiger partial charge < -0.3 is 0 Å². The van der Waals surface area contributed by atoms with Crippen LogP contribution in [0.5, 0.6) is 0 Å². The van der Waals surface area contributed by atoms with Crippen LogP contribution >= 0.6 is 11.3 Å². The molecule has 1 aliphatic rings. The highest BCUT2D eigenvalue weighted by Crippen LogP contribution is 2.30. The zero-order valence-electron chi connectivity index (χ0n) is 13.0. The molecule has 1 amide bonds. The highest BCUT2D eigenvalue weighted by atomic mass is 32.2. The maximum absolute atomic E-state index is 12.1. The number of hydrogen-bond donors (Lipinski definition) is 2. The molecular weight excluding hydrogens is 346 g/mol. The van der Waals surface area contributed by atoms with Gasteiger partial charge in [-0.15, -0.1) is 11.3 Å². The van der Waals surface area contributed by atoms with Crippen molar-refractivity contribution in [3.63, 3.8) is 0 Å². The molecule has 1 aromatic carbocycles. The summed E-state index contributed by atoms with van der Waals surface area (Å²) in [5, 5.41) is 5.79. The molecule has 1 heterocycles. The van der Waals surface area contributed by atoms with Gasteiger partial charge >= 0.3 is 0 Å². The van der Waals surface area contributed by atoms with Crippen LogP contribution in [0.1, 0.15) is 30.1 Å². The van der Waals surface area contributed by atoms with E-state index in [0.29, 0.717) is 17.2 Å². The van der Waals surface area contributed by atoms with Gasteiger partial charge in [-0.1, -0.05) is 6.07 Å². The second-order valence-corrected chi connectivity index (χ2v) is 8.44. The van der Waals surface area contributed by atoms with Gasteiger partial charge in [0.15, 0.2) is 0 Å². The molecule has 1 saturated carbocycles. The molecule has 6 nitrogen and oxygen atoms in total. The number of anilines is 1. The van der Waals surface area contributed by atoms with E-state index >= 15 is 0 Å². The van der Waals surface area contributed by atoms with Crippen molar-refractivity contribution in [2.45, 2.75) is 24.0 Å². The fraction of sp³-hybridized carbons (Fsp3) is 0.250. The lowest BCUT2D eigenvalue weighted by molar-refractivity contribution is 0.0954. The average Bonchev–Trinajstić information content (AvgIpc) is 3.26. The van der Waals surface area contributed by atoms with Crippen LogP contribution in [0.4, 0.5) is 5.69 Å². The monoisotopic (exact) mass is 363 g/mol. The van der Waals surface area contributed by atoms with Crippen LogP contribution in [0.2, 0.25) is 0 Å². The molecule has 1 fully saturated rings. The number of hydrogen-bond acceptors (Lipinski definition) is 5. The summed E-state index contributed by atoms with van der Waals surface area (Å²) in [6, 6.07) is 9.44. The van der Waals surface area contributed by atoms with Gasteiger partial charge in [-0.05, 0) is 61.4 Å². The number of amides is 1. The third-order valence-electron chi connectivity index (χ3n) is 3.66. The molecule has 0 atom stereocenters. The zero-order chi connectivity index (χ0) is 17.2. The van der Waals surface area contributed by atoms with Gasteiger partial charge in [0.25, 0.3) is 15.9 Å². The fourth-order valence-electron chi connectivity index (χ4n) is 2.11. The van der Waals surface area contributed by atoms with E-state index in [0.717, 1.165) is 29.9 Å². The van der Waals surface area contributed by atoms with Crippen molar-refractivity contribution in [3.05, 3.63) is 47.3 Å². The number of thiophene rings is 1. The Morgan fingerprint density at radius 1 is 1.21 bits per heavy atom. The van der Waals surface area contributed by atoms with Gasteiger partial charge in [0.05, 0.1) is 0 Å². The topological polar surface area (TPSA) is 87.6 Å². The van der Waals surface area contributed by atoms with Crippen molar-refractivity contribution in [2.24, 2.45) is 11.0 Å². The summed E-state index contributed by atoms with van der Waals surface area (Å²) >= 11 is 1.14. The first kappa shape index (κ1) is 16.7. The summed E-state index contributed by atoms with van der Waals surface area (Å²) in [5.41, 5.74) is 4.27. The number of nitrogens with zero attached hydrogens (tertiary/aromatic N) is 1. The van der Waals surface area contributed by atoms with Crippen LogP contribution < -0.4 is 10.1 Å². The number of benzene rings is 1. The van der Waals surface area contributed by atoms with E-state index in [1.165, 1.54) is 6.07 Å². The molecule has 0 bridgehead atoms. The van der Waals surface area contributed by atoms with Gasteiger partial charge in [0.1, 0.15) is 4.21 Å². The Labute approximate surface area is 144 Å². The average molecular weight is 363 g/mol. The molecule has 0 unspecified atom stereocenters. The Hall–Kier alpha value is -2.19. The minimum absolute atomic E-state index is 0.245. The minimum Gasteiger partial charge on any atom is -0.279 e. The highest BCUT2D eigenvalue weighted by molar-refractivity contribution is 7.94. The molecule has 1 aromatic heterocycles. The maximum Gasteiger partial charge on any atom is 0.271 e. The van der Waals surface area contributed by atoms with Crippen LogP contribution in [0.15, 0.2) is 51.1 Å². The van der Waals surface area contributed by atoms with Gasteiger partial charge in [0, 0.05) is 17.0 Å². The summed E-state index contributed by atoms with van der Waals surface area (Å²) in [5.74, 6) is 0.182. The van der Waals surface area contributed by atoms with E-state index in [1.807, 2.05) is 6.92 Å². The maximum atomic E-state index is 12.1. The summed E-state index contributed by atoms with van der Waals surface area (Å²) in [6.07, 6.45) is 2.26. The summed E-state index contributed by atoms with van der Waals surface area (Å²) < 4.78 is 27.0. The molecule has 2 aromatic rings. The van der Waals surface area contributed by atoms with E-state index in [4.69, 9.17) is 0 Å². The largest absolute Gasteiger partial charge is 0.279 e. The number of sulfonamides is 1. The molecule has 24 heavy (non-hydrogen) atoms. The van der Waals surface area contributed by atoms with Crippen molar-refractivity contribution in [2.75, 3.05) is 4.72 Å². The van der Waals surface area contributed by atoms with Gasteiger partial charge in [-0.25, -0.2) is 13.8 Å². The van der Waals surface area contributed by atoms with E-state index in [-0.39, 0.29) is 10.1 Å². The van der Waals surface area contributed by atoms with Crippen LogP contribution in [0.25, 0.3) is 0 Å². The molecule has 2 N–H and O–H groups in total. The number of rotatable bonds is 6. The third-order valence-corrected chi connectivity index (χ3v) is 6.44. The van der Waals surface area contributed by atoms with E-state index in [2.05, 4.69) is 15.2 Å². The van der Waals surface area contributed by atoms with E-state index < -0.39 is 10.0 Å². The van der Waals surface area contributed by atoms with Crippen LogP contribution in [-0.2, 0) is 10.0 Å². The lowest BCUT2D eigenvalue weighted by Crippen LogP contribution is -2.19. The number of carbonyl (C=O) groups excluding carboxylic acids is 1. The van der Waals surface area contributed by atoms with Crippen molar-refractivity contribution in [1.82, 2.24) is 5.43 Å². The highest BCUT2D eigenvalue weighted by Gasteiger charge is 2.24. The summed E-state index contributed by atoms with van der Waals surface area (Å²) in [6.45, 7) is 1.90. The Balaban J connectivity index is 1.65. The van der Waals surface area contributed by atoms with E-state index in [9.17, 15) is 13.2 Å². The first-order valence-corrected chi connectivity index (χ1v) is 9.83. The Morgan fingerprint density at radius 3 is 2.50 bits per heavy atom. The number of carbonyl (C=O) groups is 1. The number of hydrazone groups is 1. The summed E-state index contributed by atoms with van der Waals surface area (Å²) in [7, 11) is -3.58. The molecule has 126 valence electrons. The molecule has 0 radical (unpaired) electrons. The van der Waals surface area contributed by atoms with E-state index in [1.54, 1.807) is 35.7 Å². The normalized spacial score (nSPS) is 15.1. The van der Waals surface area contributed by atoms with Crippen molar-refractivity contribution in [1.29, 1.82) is 0 Å². The standard InChI is InChI=1S/C16H17N3O3S2/c1-11(12-4-5-12)17-18-16(20)13-6-8-14(9-7-13)19-24(21,22)15-3-2-10-23-15/h2-3,6-10,12,19H,4-5H2,1H3,(H,18,20)/b17-11-. The predicted molar refractivity (Wildman–Crippen MR) is 94.9 cm³/mol. The lowest BCUT2D eigenvalue weighted by atomic mass is 10.2. The van der Waals surface area contributed by atoms with Crippen LogP contribution in [-0.4, -0.2) is 20.0 Å². The molecule has 3 rings (SSSR count). The Morgan fingerprint density at radius 2 is 1.92 bits per heavy atom. The third kappa shape index (κ3) is 4.01. The summed E-state index contributed by atoms with van der Waals surface area (Å²) in [4.78, 5) is 12.0. The van der Waals surface area contributed by atoms with Gasteiger partial charge in [0.2, 0.25) is 0 Å². The predicted octanol–water partition coefficient (Wildman–Crippen LogP) is 3.06. The van der Waals surface area contributed by atoms with Crippen molar-refractivity contribution < 1.29 is 13.2 Å². The quantitative estimate of drug-likeness (QED) is 0.611. The SMILES string of the molecule is C/C(=N/NC(=O)c1ccc(NS(=O)(=O)c2cccs2)cc1)C1CC1. The second kappa shape index (κ2) is 6.74. The Kier molecular flexibility index (Phi) is 4.68. The smallest absolute Gasteiger partial charge is 0.271 e. The fourth-order valence-corrected chi connectivity index (χ4v) is 4.16. The van der Waals surface area contributed by atoms with Gasteiger partial charge in [-0.3, -0.25) is 9.52 Å². The molecule has 1 aliphatic carbocycles. The second-order valence-electron chi connectivity index (χ2n) is 5.58. The van der Waals surface area contributed by atoms with Crippen LogP contribution in [0, 0.1) is 5.92 Å². The minimum atomic E-state index is -3.58. The molecule has 0 saturated heterocycles. The van der Waals surface area contributed by atoms with Crippen LogP contribution in [0.3, 0.4) is 0 Å². The first-order chi connectivity index (χ1) is 11.5.